The smallest absolute Gasteiger partial charge is 0.246 e. The van der Waals surface area contributed by atoms with Gasteiger partial charge in [-0.25, -0.2) is 8.42 Å². The molecule has 1 amide bonds. The molecule has 0 aromatic heterocycles. The highest BCUT2D eigenvalue weighted by Crippen LogP contribution is 2.33. The highest BCUT2D eigenvalue weighted by Gasteiger charge is 2.36. The monoisotopic (exact) mass is 448 g/mol. The van der Waals surface area contributed by atoms with Crippen LogP contribution >= 0.6 is 0 Å². The predicted octanol–water partition coefficient (Wildman–Crippen LogP) is 2.78. The molecule has 0 saturated carbocycles. The summed E-state index contributed by atoms with van der Waals surface area (Å²) in [5.74, 6) is 0.724. The molecule has 0 N–H and O–H groups in total. The van der Waals surface area contributed by atoms with Crippen molar-refractivity contribution in [1.82, 2.24) is 4.31 Å². The molecule has 1 fully saturated rings. The summed E-state index contributed by atoms with van der Waals surface area (Å²) in [6, 6.07) is 11.9. The third kappa shape index (κ3) is 4.77. The van der Waals surface area contributed by atoms with E-state index in [1.165, 1.54) is 24.6 Å². The van der Waals surface area contributed by atoms with Gasteiger partial charge in [0.05, 0.1) is 27.2 Å². The molecule has 31 heavy (non-hydrogen) atoms. The van der Waals surface area contributed by atoms with Gasteiger partial charge in [0.25, 0.3) is 0 Å². The zero-order valence-corrected chi connectivity index (χ0v) is 19.0. The lowest BCUT2D eigenvalue weighted by atomic mass is 9.98. The molecule has 3 rings (SSSR count). The van der Waals surface area contributed by atoms with Gasteiger partial charge in [0.2, 0.25) is 15.9 Å². The molecule has 0 unspecified atom stereocenters. The van der Waals surface area contributed by atoms with Crippen molar-refractivity contribution in [1.29, 1.82) is 0 Å². The number of sulfonamides is 1. The van der Waals surface area contributed by atoms with Crippen molar-refractivity contribution in [3.63, 3.8) is 0 Å². The van der Waals surface area contributed by atoms with E-state index < -0.39 is 15.9 Å². The number of methoxy groups -OCH3 is 3. The Morgan fingerprint density at radius 3 is 2.42 bits per heavy atom. The molecule has 0 spiro atoms. The molecule has 2 aromatic carbocycles. The van der Waals surface area contributed by atoms with Crippen LogP contribution in [0.15, 0.2) is 47.4 Å². The Kier molecular flexibility index (Phi) is 7.07. The van der Waals surface area contributed by atoms with Crippen LogP contribution in [0.5, 0.6) is 17.2 Å². The van der Waals surface area contributed by atoms with Crippen LogP contribution in [0.2, 0.25) is 0 Å². The highest BCUT2D eigenvalue weighted by atomic mass is 32.2. The number of anilines is 1. The number of carbonyl (C=O) groups is 1. The van der Waals surface area contributed by atoms with Crippen LogP contribution in [0.25, 0.3) is 0 Å². The van der Waals surface area contributed by atoms with E-state index in [0.29, 0.717) is 36.6 Å². The second kappa shape index (κ2) is 9.57. The lowest BCUT2D eigenvalue weighted by Crippen LogP contribution is -2.46. The summed E-state index contributed by atoms with van der Waals surface area (Å²) < 4.78 is 43.8. The molecule has 0 aliphatic carbocycles. The molecule has 1 saturated heterocycles. The number of carbonyl (C=O) groups excluding carboxylic acids is 1. The average Bonchev–Trinajstić information content (AvgIpc) is 2.82. The van der Waals surface area contributed by atoms with Crippen molar-refractivity contribution in [2.24, 2.45) is 5.92 Å². The molecule has 1 aliphatic heterocycles. The van der Waals surface area contributed by atoms with Gasteiger partial charge in [-0.2, -0.15) is 4.31 Å². The first-order valence-electron chi connectivity index (χ1n) is 9.95. The van der Waals surface area contributed by atoms with Gasteiger partial charge in [-0.05, 0) is 37.1 Å². The molecule has 0 radical (unpaired) electrons. The van der Waals surface area contributed by atoms with Gasteiger partial charge in [-0.1, -0.05) is 6.07 Å². The van der Waals surface area contributed by atoms with Gasteiger partial charge < -0.3 is 19.1 Å². The Morgan fingerprint density at radius 1 is 1.03 bits per heavy atom. The third-order valence-corrected chi connectivity index (χ3v) is 7.38. The maximum atomic E-state index is 13.4. The molecule has 9 heteroatoms. The number of ether oxygens (including phenoxy) is 3. The normalized spacial score (nSPS) is 17.1. The van der Waals surface area contributed by atoms with E-state index in [2.05, 4.69) is 0 Å². The van der Waals surface area contributed by atoms with E-state index in [1.54, 1.807) is 43.3 Å². The zero-order valence-electron chi connectivity index (χ0n) is 18.2. The number of benzene rings is 2. The number of amides is 1. The summed E-state index contributed by atoms with van der Waals surface area (Å²) in [6.45, 7) is 0.450. The van der Waals surface area contributed by atoms with E-state index in [0.717, 1.165) is 0 Å². The average molecular weight is 449 g/mol. The fourth-order valence-electron chi connectivity index (χ4n) is 3.71. The second-order valence-corrected chi connectivity index (χ2v) is 9.22. The Bertz CT molecular complexity index is 1040. The molecule has 2 aromatic rings. The number of nitrogens with zero attached hydrogens (tertiary/aromatic N) is 2. The Labute approximate surface area is 183 Å². The first-order chi connectivity index (χ1) is 14.8. The minimum Gasteiger partial charge on any atom is -0.497 e. The predicted molar refractivity (Wildman–Crippen MR) is 117 cm³/mol. The van der Waals surface area contributed by atoms with Crippen molar-refractivity contribution in [2.45, 2.75) is 17.7 Å². The molecule has 1 heterocycles. The number of piperidine rings is 1. The van der Waals surface area contributed by atoms with Crippen molar-refractivity contribution in [3.05, 3.63) is 42.5 Å². The van der Waals surface area contributed by atoms with Gasteiger partial charge in [-0.3, -0.25) is 4.79 Å². The summed E-state index contributed by atoms with van der Waals surface area (Å²) >= 11 is 0. The van der Waals surface area contributed by atoms with Gasteiger partial charge in [0.15, 0.2) is 0 Å². The number of rotatable bonds is 7. The first kappa shape index (κ1) is 22.9. The maximum absolute atomic E-state index is 13.4. The van der Waals surface area contributed by atoms with Crippen LogP contribution in [0.3, 0.4) is 0 Å². The summed E-state index contributed by atoms with van der Waals surface area (Å²) in [7, 11) is 2.29. The van der Waals surface area contributed by atoms with Crippen LogP contribution in [-0.2, 0) is 14.8 Å². The third-order valence-electron chi connectivity index (χ3n) is 5.49. The lowest BCUT2D eigenvalue weighted by molar-refractivity contribution is -0.123. The van der Waals surface area contributed by atoms with Crippen molar-refractivity contribution in [2.75, 3.05) is 46.4 Å². The fourth-order valence-corrected chi connectivity index (χ4v) is 5.40. The summed E-state index contributed by atoms with van der Waals surface area (Å²) in [6.07, 6.45) is 1.21. The highest BCUT2D eigenvalue weighted by molar-refractivity contribution is 7.89. The van der Waals surface area contributed by atoms with E-state index in [9.17, 15) is 13.2 Å². The van der Waals surface area contributed by atoms with E-state index in [-0.39, 0.29) is 23.1 Å². The topological polar surface area (TPSA) is 85.4 Å². The van der Waals surface area contributed by atoms with Crippen LogP contribution in [0, 0.1) is 5.92 Å². The van der Waals surface area contributed by atoms with E-state index >= 15 is 0 Å². The lowest BCUT2D eigenvalue weighted by Gasteiger charge is -2.33. The standard InChI is InChI=1S/C22H28N2O6S/c1-23(17-8-5-9-18(13-17)28-2)22(25)16-7-6-12-24(15-16)31(26,27)21-14-19(29-3)10-11-20(21)30-4/h5,8-11,13-14,16H,6-7,12,15H2,1-4H3/t16-/m0/s1. The zero-order chi connectivity index (χ0) is 22.6. The minimum atomic E-state index is -3.87. The van der Waals surface area contributed by atoms with Crippen molar-refractivity contribution < 1.29 is 27.4 Å². The number of hydrogen-bond acceptors (Lipinski definition) is 6. The van der Waals surface area contributed by atoms with E-state index in [1.807, 2.05) is 12.1 Å². The SMILES string of the molecule is COc1cccc(N(C)C(=O)[C@H]2CCCN(S(=O)(=O)c3cc(OC)ccc3OC)C2)c1. The number of hydrogen-bond donors (Lipinski definition) is 0. The quantitative estimate of drug-likeness (QED) is 0.648. The van der Waals surface area contributed by atoms with Crippen molar-refractivity contribution in [3.8, 4) is 17.2 Å². The molecule has 1 atom stereocenters. The second-order valence-electron chi connectivity index (χ2n) is 7.32. The molecule has 8 nitrogen and oxygen atoms in total. The van der Waals surface area contributed by atoms with Crippen LogP contribution in [-0.4, -0.2) is 60.1 Å². The molecule has 168 valence electrons. The summed E-state index contributed by atoms with van der Waals surface area (Å²) in [5.41, 5.74) is 0.693. The van der Waals surface area contributed by atoms with Gasteiger partial charge in [-0.15, -0.1) is 0 Å². The molecule has 0 bridgehead atoms. The van der Waals surface area contributed by atoms with E-state index in [4.69, 9.17) is 14.2 Å². The molecule has 1 aliphatic rings. The summed E-state index contributed by atoms with van der Waals surface area (Å²) in [4.78, 5) is 14.7. The fraction of sp³-hybridized carbons (Fsp3) is 0.409. The van der Waals surface area contributed by atoms with Gasteiger partial charge in [0.1, 0.15) is 22.1 Å². The van der Waals surface area contributed by atoms with Crippen LogP contribution < -0.4 is 19.1 Å². The molecular weight excluding hydrogens is 420 g/mol. The van der Waals surface area contributed by atoms with Crippen LogP contribution in [0.1, 0.15) is 12.8 Å². The van der Waals surface area contributed by atoms with Gasteiger partial charge in [0, 0.05) is 38.0 Å². The van der Waals surface area contributed by atoms with Crippen LogP contribution in [0.4, 0.5) is 5.69 Å². The Balaban J connectivity index is 1.83. The minimum absolute atomic E-state index is 0.0311. The largest absolute Gasteiger partial charge is 0.497 e. The molecular formula is C22H28N2O6S. The van der Waals surface area contributed by atoms with Gasteiger partial charge >= 0.3 is 0 Å². The Morgan fingerprint density at radius 2 is 1.74 bits per heavy atom. The maximum Gasteiger partial charge on any atom is 0.246 e. The first-order valence-corrected chi connectivity index (χ1v) is 11.4. The van der Waals surface area contributed by atoms with Crippen molar-refractivity contribution >= 4 is 21.6 Å². The Hall–Kier alpha value is -2.78. The summed E-state index contributed by atoms with van der Waals surface area (Å²) in [5, 5.41) is 0.